The van der Waals surface area contributed by atoms with Crippen LogP contribution in [0.25, 0.3) is 0 Å². The first-order chi connectivity index (χ1) is 15.4. The third kappa shape index (κ3) is 4.97. The number of halogens is 1. The molecular weight excluding hydrogens is 442 g/mol. The Kier molecular flexibility index (Phi) is 7.17. The Morgan fingerprint density at radius 3 is 2.30 bits per heavy atom. The van der Waals surface area contributed by atoms with Crippen LogP contribution in [0.3, 0.4) is 0 Å². The minimum absolute atomic E-state index is 0.296. The Hall–Kier alpha value is -0.790. The first-order valence-electron chi connectivity index (χ1n) is 12.9. The predicted octanol–water partition coefficient (Wildman–Crippen LogP) is 2.93. The second-order valence-corrected chi connectivity index (χ2v) is 12.6. The van der Waals surface area contributed by atoms with Crippen LogP contribution < -0.4 is 4.66 Å². The fourth-order valence-electron chi connectivity index (χ4n) is 8.67. The number of piperidine rings is 1. The van der Waals surface area contributed by atoms with E-state index >= 15 is 0 Å². The number of hydrogen-bond donors (Lipinski definition) is 3. The van der Waals surface area contributed by atoms with Gasteiger partial charge in [-0.05, 0) is 86.9 Å². The molecule has 6 nitrogen and oxygen atoms in total. The fraction of sp³-hybridized carbons (Fsp3) is 0.846. The van der Waals surface area contributed by atoms with Gasteiger partial charge in [0, 0.05) is 31.3 Å². The van der Waals surface area contributed by atoms with Crippen LogP contribution in [0.4, 0.5) is 0 Å². The van der Waals surface area contributed by atoms with Gasteiger partial charge in [0.1, 0.15) is 18.9 Å². The molecule has 1 heterocycles. The molecule has 4 aliphatic carbocycles. The van der Waals surface area contributed by atoms with Gasteiger partial charge in [-0.25, -0.2) is 4.58 Å². The zero-order valence-electron chi connectivity index (χ0n) is 20.6. The van der Waals surface area contributed by atoms with Gasteiger partial charge in [0.25, 0.3) is 0 Å². The third-order valence-corrected chi connectivity index (χ3v) is 10.2. The van der Waals surface area contributed by atoms with Gasteiger partial charge in [-0.15, -0.1) is 0 Å². The molecule has 0 aromatic carbocycles. The Labute approximate surface area is 200 Å². The number of carbonyl (C=O) groups is 1. The van der Waals surface area contributed by atoms with E-state index in [0.29, 0.717) is 22.5 Å². The first-order valence-corrected chi connectivity index (χ1v) is 14.2. The summed E-state index contributed by atoms with van der Waals surface area (Å²) in [6, 6.07) is 0. The first kappa shape index (κ1) is 25.3. The number of ketones is 1. The standard InChI is InChI=1S/C26H40NO.ClH3O4/c1-18(28)22-9-10-23-21-8-7-19-17-20(27-15-5-4-6-16-27)11-13-25(19,2)24(21)12-14-26(22,23)3;2-1(3,4)5/h17,21-24H,4-16H2,1-3H3;2-4H/q+1;. The summed E-state index contributed by atoms with van der Waals surface area (Å²) in [6.07, 6.45) is 17.3. The van der Waals surface area contributed by atoms with E-state index in [2.05, 4.69) is 24.5 Å². The maximum absolute atomic E-state index is 12.3. The van der Waals surface area contributed by atoms with Crippen molar-refractivity contribution in [2.24, 2.45) is 34.5 Å². The molecule has 1 aliphatic heterocycles. The van der Waals surface area contributed by atoms with Crippen LogP contribution in [0.15, 0.2) is 11.6 Å². The second-order valence-electron chi connectivity index (χ2n) is 11.8. The SMILES string of the molecule is CC(=O)C1CCC2C3CCC4=CC(=[N+]5CCCCC5)CCC4(C)C3CCC12C.[O-][Cl+](O)(O)O. The molecule has 188 valence electrons. The van der Waals surface area contributed by atoms with Crippen molar-refractivity contribution in [3.05, 3.63) is 11.6 Å². The summed E-state index contributed by atoms with van der Waals surface area (Å²) in [5.74, 6) is 3.32. The van der Waals surface area contributed by atoms with Crippen LogP contribution >= 0.6 is 0 Å². The van der Waals surface area contributed by atoms with Gasteiger partial charge in [0.05, 0.1) is 0 Å². The molecule has 6 unspecified atom stereocenters. The van der Waals surface area contributed by atoms with E-state index in [4.69, 9.17) is 18.6 Å². The van der Waals surface area contributed by atoms with E-state index < -0.39 is 10.2 Å². The molecule has 4 fully saturated rings. The summed E-state index contributed by atoms with van der Waals surface area (Å²) < 4.78 is 32.9. The second kappa shape index (κ2) is 9.34. The topological polar surface area (TPSA) is 104 Å². The quantitative estimate of drug-likeness (QED) is 0.496. The van der Waals surface area contributed by atoms with Crippen molar-refractivity contribution in [3.8, 4) is 0 Å². The summed E-state index contributed by atoms with van der Waals surface area (Å²) in [5, 5.41) is 0. The van der Waals surface area contributed by atoms with Crippen LogP contribution in [0.1, 0.15) is 91.4 Å². The van der Waals surface area contributed by atoms with Gasteiger partial charge in [-0.1, -0.05) is 19.4 Å². The van der Waals surface area contributed by atoms with Crippen molar-refractivity contribution in [1.82, 2.24) is 0 Å². The number of carbonyl (C=O) groups excluding carboxylic acids is 1. The van der Waals surface area contributed by atoms with Crippen LogP contribution in [0, 0.1) is 44.7 Å². The Morgan fingerprint density at radius 1 is 1.00 bits per heavy atom. The summed E-state index contributed by atoms with van der Waals surface area (Å²) >= 11 is 0. The molecule has 7 heteroatoms. The normalized spacial score (nSPS) is 41.1. The fourth-order valence-corrected chi connectivity index (χ4v) is 8.67. The van der Waals surface area contributed by atoms with Crippen LogP contribution in [0.2, 0.25) is 0 Å². The van der Waals surface area contributed by atoms with E-state index in [1.54, 1.807) is 11.3 Å². The number of rotatable bonds is 1. The van der Waals surface area contributed by atoms with E-state index in [0.717, 1.165) is 24.2 Å². The summed E-state index contributed by atoms with van der Waals surface area (Å²) in [7, 11) is -4.19. The van der Waals surface area contributed by atoms with Gasteiger partial charge in [0.2, 0.25) is 0 Å². The Morgan fingerprint density at radius 2 is 1.67 bits per heavy atom. The summed E-state index contributed by atoms with van der Waals surface area (Å²) in [4.78, 5) is 12.3. The van der Waals surface area contributed by atoms with Crippen molar-refractivity contribution in [2.75, 3.05) is 13.1 Å². The van der Waals surface area contributed by atoms with E-state index in [1.165, 1.54) is 77.3 Å². The Balaban J connectivity index is 0.000000471. The van der Waals surface area contributed by atoms with Crippen molar-refractivity contribution in [2.45, 2.75) is 91.4 Å². The molecule has 0 spiro atoms. The molecule has 5 rings (SSSR count). The molecule has 0 aromatic heterocycles. The summed E-state index contributed by atoms with van der Waals surface area (Å²) in [6.45, 7) is 9.52. The van der Waals surface area contributed by atoms with Gasteiger partial charge < -0.3 is 0 Å². The van der Waals surface area contributed by atoms with Gasteiger partial charge in [0.15, 0.2) is 5.71 Å². The molecule has 0 bridgehead atoms. The van der Waals surface area contributed by atoms with Crippen LogP contribution in [-0.2, 0) is 4.79 Å². The monoisotopic (exact) mass is 484 g/mol. The molecule has 33 heavy (non-hydrogen) atoms. The van der Waals surface area contributed by atoms with Gasteiger partial charge >= 0.3 is 28.9 Å². The van der Waals surface area contributed by atoms with E-state index in [1.807, 2.05) is 6.92 Å². The van der Waals surface area contributed by atoms with E-state index in [-0.39, 0.29) is 0 Å². The zero-order chi connectivity index (χ0) is 24.0. The predicted molar refractivity (Wildman–Crippen MR) is 121 cm³/mol. The maximum atomic E-state index is 12.3. The molecule has 3 N–H and O–H groups in total. The van der Waals surface area contributed by atoms with Crippen molar-refractivity contribution in [1.29, 1.82) is 0 Å². The molecule has 0 amide bonds. The molecule has 0 radical (unpaired) electrons. The minimum atomic E-state index is -4.19. The number of nitrogens with zero attached hydrogens (tertiary/aromatic N) is 1. The molecule has 3 saturated carbocycles. The average Bonchev–Trinajstić information content (AvgIpc) is 3.10. The van der Waals surface area contributed by atoms with Gasteiger partial charge in [-0.2, -0.15) is 0 Å². The average molecular weight is 485 g/mol. The third-order valence-electron chi connectivity index (χ3n) is 10.2. The van der Waals surface area contributed by atoms with Crippen molar-refractivity contribution < 1.29 is 38.2 Å². The molecule has 1 saturated heterocycles. The number of Topliss-reactive ketones (excluding diaryl/α,β-unsaturated/α-hetero) is 1. The number of allylic oxidation sites excluding steroid dienone is 2. The zero-order valence-corrected chi connectivity index (χ0v) is 21.3. The molecule has 5 aliphatic rings. The molecule has 0 aromatic rings. The number of fused-ring (bicyclic) bond motifs is 5. The number of hydrogen-bond acceptors (Lipinski definition) is 5. The van der Waals surface area contributed by atoms with Gasteiger partial charge in [-0.3, -0.25) is 4.79 Å². The van der Waals surface area contributed by atoms with Crippen LogP contribution in [0.5, 0.6) is 0 Å². The van der Waals surface area contributed by atoms with Crippen LogP contribution in [-0.4, -0.2) is 43.1 Å². The van der Waals surface area contributed by atoms with Crippen molar-refractivity contribution in [3.63, 3.8) is 0 Å². The molecule has 6 atom stereocenters. The summed E-state index contributed by atoms with van der Waals surface area (Å²) in [5.41, 5.74) is 4.16. The van der Waals surface area contributed by atoms with Crippen molar-refractivity contribution >= 4 is 11.5 Å². The molecular formula is C26H43ClNO5+. The Bertz CT molecular complexity index is 819. The van der Waals surface area contributed by atoms with E-state index in [9.17, 15) is 4.79 Å².